The van der Waals surface area contributed by atoms with Crippen molar-refractivity contribution in [2.75, 3.05) is 0 Å². The SMILES string of the molecule is O.O.O.O.O.O=S(=O)([O-])[O-].[Cu+].[NH4+]. The Balaban J connectivity index is -0.00000000381. The average Bonchev–Trinajstić information content (AvgIpc) is 0.722. The van der Waals surface area contributed by atoms with Crippen molar-refractivity contribution in [3.05, 3.63) is 0 Å². The largest absolute Gasteiger partial charge is 1.00 e. The van der Waals surface area contributed by atoms with Gasteiger partial charge in [0, 0.05) is 10.4 Å². The quantitative estimate of drug-likeness (QED) is 0.256. The Labute approximate surface area is 79.1 Å². The smallest absolute Gasteiger partial charge is 0.759 e. The summed E-state index contributed by atoms with van der Waals surface area (Å²) in [7, 11) is -5.17. The summed E-state index contributed by atoms with van der Waals surface area (Å²) in [6.07, 6.45) is 0. The monoisotopic (exact) mass is 267 g/mol. The van der Waals surface area contributed by atoms with Crippen LogP contribution in [0.3, 0.4) is 0 Å². The average molecular weight is 268 g/mol. The zero-order chi connectivity index (χ0) is 4.50. The molecule has 0 aromatic heterocycles. The normalized spacial score (nSPS) is 4.83. The Morgan fingerprint density at radius 2 is 0.750 bits per heavy atom. The number of rotatable bonds is 0. The van der Waals surface area contributed by atoms with Crippen LogP contribution < -0.4 is 6.15 Å². The minimum absolute atomic E-state index is 0. The Bertz CT molecular complexity index is 97.7. The topological polar surface area (TPSA) is 274 Å². The summed E-state index contributed by atoms with van der Waals surface area (Å²) in [4.78, 5) is 0. The summed E-state index contributed by atoms with van der Waals surface area (Å²) in [5, 5.41) is 0. The maximum atomic E-state index is 8.52. The van der Waals surface area contributed by atoms with Crippen molar-refractivity contribution in [2.24, 2.45) is 0 Å². The molecule has 0 aliphatic heterocycles. The minimum atomic E-state index is -5.17. The third kappa shape index (κ3) is 38000. The molecule has 0 heterocycles. The zero-order valence-electron chi connectivity index (χ0n) is 5.84. The summed E-state index contributed by atoms with van der Waals surface area (Å²) in [5.74, 6) is 0. The second kappa shape index (κ2) is 30.4. The first kappa shape index (κ1) is 87.7. The molecule has 12 heavy (non-hydrogen) atoms. The molecule has 0 spiro atoms. The van der Waals surface area contributed by atoms with Crippen LogP contribution in [0.15, 0.2) is 0 Å². The first-order chi connectivity index (χ1) is 2.00. The molecule has 0 fully saturated rings. The van der Waals surface area contributed by atoms with Crippen molar-refractivity contribution in [3.8, 4) is 0 Å². The van der Waals surface area contributed by atoms with Gasteiger partial charge in [-0.15, -0.1) is 0 Å². The fourth-order valence-corrected chi connectivity index (χ4v) is 0. The Hall–Kier alpha value is 0.149. The molecule has 0 aliphatic carbocycles. The van der Waals surface area contributed by atoms with Crippen LogP contribution in [-0.2, 0) is 27.5 Å². The van der Waals surface area contributed by atoms with E-state index in [0.29, 0.717) is 0 Å². The van der Waals surface area contributed by atoms with Gasteiger partial charge in [0.15, 0.2) is 0 Å². The molecule has 0 unspecified atom stereocenters. The van der Waals surface area contributed by atoms with E-state index >= 15 is 0 Å². The molecule has 0 aromatic rings. The molecule has 0 radical (unpaired) electrons. The molecular formula is H14CuNO9S. The molecule has 0 aliphatic rings. The first-order valence-corrected chi connectivity index (χ1v) is 2.00. The molecule has 0 saturated heterocycles. The van der Waals surface area contributed by atoms with Gasteiger partial charge in [-0.25, -0.2) is 0 Å². The van der Waals surface area contributed by atoms with E-state index in [2.05, 4.69) is 0 Å². The fourth-order valence-electron chi connectivity index (χ4n) is 0. The van der Waals surface area contributed by atoms with Crippen molar-refractivity contribution >= 4 is 10.4 Å². The molecule has 0 saturated carbocycles. The Morgan fingerprint density at radius 1 is 0.750 bits per heavy atom. The predicted molar refractivity (Wildman–Crippen MR) is 34.5 cm³/mol. The van der Waals surface area contributed by atoms with E-state index in [-0.39, 0.29) is 50.6 Å². The summed E-state index contributed by atoms with van der Waals surface area (Å²) in [5.41, 5.74) is 0. The summed E-state index contributed by atoms with van der Waals surface area (Å²) in [6.45, 7) is 0. The van der Waals surface area contributed by atoms with E-state index in [1.165, 1.54) is 0 Å². The Morgan fingerprint density at radius 3 is 0.750 bits per heavy atom. The van der Waals surface area contributed by atoms with E-state index in [1.54, 1.807) is 0 Å². The molecule has 0 atom stereocenters. The molecule has 0 amide bonds. The van der Waals surface area contributed by atoms with Gasteiger partial charge in [0.2, 0.25) is 0 Å². The molecule has 90 valence electrons. The number of hydrogen-bond donors (Lipinski definition) is 1. The molecule has 14 N–H and O–H groups in total. The van der Waals surface area contributed by atoms with E-state index < -0.39 is 10.4 Å². The van der Waals surface area contributed by atoms with Crippen molar-refractivity contribution in [1.29, 1.82) is 0 Å². The van der Waals surface area contributed by atoms with Gasteiger partial charge in [-0.2, -0.15) is 0 Å². The van der Waals surface area contributed by atoms with Gasteiger partial charge in [-0.1, -0.05) is 0 Å². The fraction of sp³-hybridized carbons (Fsp3) is 0. The van der Waals surface area contributed by atoms with Crippen LogP contribution in [0.2, 0.25) is 0 Å². The van der Waals surface area contributed by atoms with Crippen LogP contribution in [0.4, 0.5) is 0 Å². The van der Waals surface area contributed by atoms with Gasteiger partial charge >= 0.3 is 17.1 Å². The van der Waals surface area contributed by atoms with Crippen LogP contribution in [0, 0.1) is 0 Å². The van der Waals surface area contributed by atoms with Crippen LogP contribution in [0.25, 0.3) is 0 Å². The maximum absolute atomic E-state index is 8.52. The first-order valence-electron chi connectivity index (χ1n) is 0.667. The van der Waals surface area contributed by atoms with Gasteiger partial charge < -0.3 is 42.6 Å². The molecule has 0 rings (SSSR count). The molecule has 0 aromatic carbocycles. The van der Waals surface area contributed by atoms with Crippen molar-refractivity contribution in [2.45, 2.75) is 0 Å². The van der Waals surface area contributed by atoms with Gasteiger partial charge in [-0.05, 0) is 0 Å². The second-order valence-electron chi connectivity index (χ2n) is 0.408. The molecule has 10 nitrogen and oxygen atoms in total. The standard InChI is InChI=1S/Cu.H3N.H2O4S.5H2O/c;;1-5(2,3)4;;;;;/h;1H3;(H2,1,2,3,4);5*1H2/q+1;;;;;;;/p-1. The zero-order valence-corrected chi connectivity index (χ0v) is 7.60. The Kier molecular flexibility index (Phi) is 222. The summed E-state index contributed by atoms with van der Waals surface area (Å²) < 4.78 is 34.1. The summed E-state index contributed by atoms with van der Waals surface area (Å²) in [6, 6.07) is 0. The third-order valence-electron chi connectivity index (χ3n) is 0. The van der Waals surface area contributed by atoms with Crippen LogP contribution >= 0.6 is 0 Å². The summed E-state index contributed by atoms with van der Waals surface area (Å²) >= 11 is 0. The molecule has 12 heteroatoms. The van der Waals surface area contributed by atoms with Crippen molar-refractivity contribution in [1.82, 2.24) is 6.15 Å². The van der Waals surface area contributed by atoms with E-state index in [1.807, 2.05) is 0 Å². The molecular weight excluding hydrogens is 254 g/mol. The minimum Gasteiger partial charge on any atom is -0.759 e. The van der Waals surface area contributed by atoms with Crippen LogP contribution in [0.1, 0.15) is 0 Å². The van der Waals surface area contributed by atoms with E-state index in [4.69, 9.17) is 17.5 Å². The van der Waals surface area contributed by atoms with Gasteiger partial charge in [-0.3, -0.25) is 8.42 Å². The van der Waals surface area contributed by atoms with Gasteiger partial charge in [0.25, 0.3) is 0 Å². The van der Waals surface area contributed by atoms with Crippen molar-refractivity contribution < 1.29 is 62.0 Å². The second-order valence-corrected chi connectivity index (χ2v) is 1.22. The van der Waals surface area contributed by atoms with E-state index in [0.717, 1.165) is 0 Å². The van der Waals surface area contributed by atoms with Crippen LogP contribution in [0.5, 0.6) is 0 Å². The van der Waals surface area contributed by atoms with Gasteiger partial charge in [0.1, 0.15) is 0 Å². The number of quaternary nitrogens is 1. The van der Waals surface area contributed by atoms with E-state index in [9.17, 15) is 0 Å². The maximum Gasteiger partial charge on any atom is 1.00 e. The van der Waals surface area contributed by atoms with Crippen molar-refractivity contribution in [3.63, 3.8) is 0 Å². The predicted octanol–water partition coefficient (Wildman–Crippen LogP) is -5.09. The van der Waals surface area contributed by atoms with Gasteiger partial charge in [0.05, 0.1) is 0 Å². The number of hydrogen-bond acceptors (Lipinski definition) is 4. The third-order valence-corrected chi connectivity index (χ3v) is 0. The van der Waals surface area contributed by atoms with Crippen LogP contribution in [-0.4, -0.2) is 44.9 Å². The molecule has 0 bridgehead atoms.